The van der Waals surface area contributed by atoms with E-state index in [-0.39, 0.29) is 11.3 Å². The Morgan fingerprint density at radius 3 is 2.30 bits per heavy atom. The summed E-state index contributed by atoms with van der Waals surface area (Å²) in [6, 6.07) is 8.16. The third-order valence-corrected chi connectivity index (χ3v) is 3.49. The Bertz CT molecular complexity index is 919. The monoisotopic (exact) mass is 383 g/mol. The Labute approximate surface area is 151 Å². The average Bonchev–Trinajstić information content (AvgIpc) is 2.59. The molecule has 27 heavy (non-hydrogen) atoms. The van der Waals surface area contributed by atoms with Crippen LogP contribution in [0.3, 0.4) is 0 Å². The maximum atomic E-state index is 14.4. The van der Waals surface area contributed by atoms with Gasteiger partial charge in [-0.25, -0.2) is 8.78 Å². The topological polar surface area (TPSA) is 67.5 Å². The Hall–Kier alpha value is -3.23. The molecule has 0 unspecified atom stereocenters. The molecule has 0 radical (unpaired) electrons. The minimum atomic E-state index is -4.87. The highest BCUT2D eigenvalue weighted by atomic mass is 19.4. The molecule has 0 aromatic heterocycles. The van der Waals surface area contributed by atoms with Crippen molar-refractivity contribution < 1.29 is 26.7 Å². The number of nitrogens with two attached hydrogens (primary N) is 1. The molecule has 0 saturated carbocycles. The number of nitrogens with zero attached hydrogens (tertiary/aromatic N) is 1. The van der Waals surface area contributed by atoms with Gasteiger partial charge in [0.2, 0.25) is 0 Å². The second kappa shape index (κ2) is 7.98. The summed E-state index contributed by atoms with van der Waals surface area (Å²) in [5, 5.41) is 2.28. The molecule has 3 N–H and O–H groups in total. The number of hydrogen-bond donors (Lipinski definition) is 2. The van der Waals surface area contributed by atoms with Crippen LogP contribution in [0.2, 0.25) is 0 Å². The molecular weight excluding hydrogens is 369 g/mol. The largest absolute Gasteiger partial charge is 0.431 e. The number of halogens is 5. The van der Waals surface area contributed by atoms with Crippen molar-refractivity contribution in [1.29, 1.82) is 0 Å². The van der Waals surface area contributed by atoms with E-state index in [9.17, 15) is 26.7 Å². The van der Waals surface area contributed by atoms with Gasteiger partial charge in [-0.2, -0.15) is 13.2 Å². The first kappa shape index (κ1) is 20.1. The predicted molar refractivity (Wildman–Crippen MR) is 92.3 cm³/mol. The Morgan fingerprint density at radius 2 is 1.74 bits per heavy atom. The molecule has 0 saturated heterocycles. The lowest BCUT2D eigenvalue weighted by molar-refractivity contribution is -0.0918. The van der Waals surface area contributed by atoms with Gasteiger partial charge >= 0.3 is 6.18 Å². The molecule has 0 spiro atoms. The lowest BCUT2D eigenvalue weighted by Gasteiger charge is -2.13. The summed E-state index contributed by atoms with van der Waals surface area (Å²) in [5.74, 6) is -2.67. The van der Waals surface area contributed by atoms with Crippen LogP contribution in [0.4, 0.5) is 27.6 Å². The predicted octanol–water partition coefficient (Wildman–Crippen LogP) is 4.15. The van der Waals surface area contributed by atoms with Crippen LogP contribution < -0.4 is 11.1 Å². The van der Waals surface area contributed by atoms with Gasteiger partial charge in [0.25, 0.3) is 5.91 Å². The zero-order valence-electron chi connectivity index (χ0n) is 13.9. The third-order valence-electron chi connectivity index (χ3n) is 3.49. The van der Waals surface area contributed by atoms with Crippen LogP contribution in [0, 0.1) is 11.6 Å². The molecule has 2 rings (SSSR count). The van der Waals surface area contributed by atoms with Crippen LogP contribution >= 0.6 is 0 Å². The van der Waals surface area contributed by atoms with Gasteiger partial charge < -0.3 is 11.1 Å². The maximum Gasteiger partial charge on any atom is 0.431 e. The zero-order valence-corrected chi connectivity index (χ0v) is 13.9. The number of aliphatic imine (C=N–C) groups is 1. The summed E-state index contributed by atoms with van der Waals surface area (Å²) in [6.45, 7) is 0. The molecule has 0 aliphatic rings. The van der Waals surface area contributed by atoms with Crippen LogP contribution in [0.5, 0.6) is 0 Å². The summed E-state index contributed by atoms with van der Waals surface area (Å²) < 4.78 is 66.5. The van der Waals surface area contributed by atoms with Crippen molar-refractivity contribution in [3.63, 3.8) is 0 Å². The molecule has 0 bridgehead atoms. The van der Waals surface area contributed by atoms with Crippen molar-refractivity contribution in [1.82, 2.24) is 0 Å². The van der Waals surface area contributed by atoms with Gasteiger partial charge in [-0.05, 0) is 30.3 Å². The van der Waals surface area contributed by atoms with E-state index >= 15 is 0 Å². The zero-order chi connectivity index (χ0) is 20.2. The first-order valence-electron chi connectivity index (χ1n) is 7.50. The molecule has 0 aliphatic heterocycles. The standard InChI is InChI=1S/C18H14F5N3O/c1-25-9-13(16(24)18(21,22)23)11-7-6-10(8-15(11)20)26-17(27)12-4-2-3-5-14(12)19/h2-9H,24H2,1H3,(H,26,27). The van der Waals surface area contributed by atoms with E-state index in [1.807, 2.05) is 0 Å². The molecule has 0 atom stereocenters. The number of benzene rings is 2. The molecule has 0 aliphatic carbocycles. The summed E-state index contributed by atoms with van der Waals surface area (Å²) in [6.07, 6.45) is -4.08. The third kappa shape index (κ3) is 4.69. The molecule has 2 aromatic rings. The van der Waals surface area contributed by atoms with E-state index in [1.165, 1.54) is 31.3 Å². The van der Waals surface area contributed by atoms with Crippen molar-refractivity contribution >= 4 is 23.4 Å². The fourth-order valence-corrected chi connectivity index (χ4v) is 2.22. The Kier molecular flexibility index (Phi) is 5.94. The minimum Gasteiger partial charge on any atom is -0.394 e. The molecule has 1 amide bonds. The Balaban J connectivity index is 2.37. The SMILES string of the molecule is CN=CC(=C(N)C(F)(F)F)c1ccc(NC(=O)c2ccccc2F)cc1F. The fraction of sp³-hybridized carbons (Fsp3) is 0.111. The minimum absolute atomic E-state index is 0.0668. The van der Waals surface area contributed by atoms with Crippen molar-refractivity contribution in [3.8, 4) is 0 Å². The first-order chi connectivity index (χ1) is 12.6. The van der Waals surface area contributed by atoms with Crippen LogP contribution in [0.1, 0.15) is 15.9 Å². The van der Waals surface area contributed by atoms with Crippen LogP contribution in [0.25, 0.3) is 5.57 Å². The number of amides is 1. The molecule has 4 nitrogen and oxygen atoms in total. The van der Waals surface area contributed by atoms with Gasteiger partial charge in [-0.15, -0.1) is 0 Å². The molecule has 0 fully saturated rings. The molecular formula is C18H14F5N3O. The number of carbonyl (C=O) groups excluding carboxylic acids is 1. The number of anilines is 1. The van der Waals surface area contributed by atoms with Gasteiger partial charge in [0.05, 0.1) is 5.56 Å². The van der Waals surface area contributed by atoms with E-state index < -0.39 is 40.6 Å². The summed E-state index contributed by atoms with van der Waals surface area (Å²) in [5.41, 5.74) is 2.16. The smallest absolute Gasteiger partial charge is 0.394 e. The van der Waals surface area contributed by atoms with Crippen molar-refractivity contribution in [2.75, 3.05) is 12.4 Å². The number of allylic oxidation sites excluding steroid dienone is 2. The van der Waals surface area contributed by atoms with Crippen molar-refractivity contribution in [2.45, 2.75) is 6.18 Å². The summed E-state index contributed by atoms with van der Waals surface area (Å²) in [4.78, 5) is 15.5. The van der Waals surface area contributed by atoms with Gasteiger partial charge in [0, 0.05) is 30.1 Å². The highest BCUT2D eigenvalue weighted by Crippen LogP contribution is 2.30. The first-order valence-corrected chi connectivity index (χ1v) is 7.50. The lowest BCUT2D eigenvalue weighted by Crippen LogP contribution is -2.22. The van der Waals surface area contributed by atoms with E-state index in [4.69, 9.17) is 5.73 Å². The van der Waals surface area contributed by atoms with Gasteiger partial charge in [-0.3, -0.25) is 9.79 Å². The summed E-state index contributed by atoms with van der Waals surface area (Å²) >= 11 is 0. The molecule has 0 heterocycles. The summed E-state index contributed by atoms with van der Waals surface area (Å²) in [7, 11) is 1.21. The lowest BCUT2D eigenvalue weighted by atomic mass is 10.0. The fourth-order valence-electron chi connectivity index (χ4n) is 2.22. The Morgan fingerprint density at radius 1 is 1.07 bits per heavy atom. The van der Waals surface area contributed by atoms with E-state index in [0.29, 0.717) is 0 Å². The van der Waals surface area contributed by atoms with E-state index in [0.717, 1.165) is 24.4 Å². The number of hydrogen-bond acceptors (Lipinski definition) is 3. The average molecular weight is 383 g/mol. The van der Waals surface area contributed by atoms with E-state index in [2.05, 4.69) is 10.3 Å². The van der Waals surface area contributed by atoms with Crippen LogP contribution in [-0.4, -0.2) is 25.3 Å². The highest BCUT2D eigenvalue weighted by Gasteiger charge is 2.34. The number of rotatable bonds is 4. The number of carbonyl (C=O) groups is 1. The maximum absolute atomic E-state index is 14.4. The quantitative estimate of drug-likeness (QED) is 0.615. The second-order valence-corrected chi connectivity index (χ2v) is 5.34. The number of nitrogens with one attached hydrogen (secondary N) is 1. The number of alkyl halides is 3. The molecule has 142 valence electrons. The highest BCUT2D eigenvalue weighted by molar-refractivity contribution is 6.11. The van der Waals surface area contributed by atoms with Crippen LogP contribution in [-0.2, 0) is 0 Å². The van der Waals surface area contributed by atoms with Crippen molar-refractivity contribution in [2.24, 2.45) is 10.7 Å². The van der Waals surface area contributed by atoms with Crippen LogP contribution in [0.15, 0.2) is 53.2 Å². The molecule has 2 aromatic carbocycles. The van der Waals surface area contributed by atoms with E-state index in [1.54, 1.807) is 0 Å². The second-order valence-electron chi connectivity index (χ2n) is 5.34. The van der Waals surface area contributed by atoms with Gasteiger partial charge in [0.15, 0.2) is 0 Å². The normalized spacial score (nSPS) is 12.8. The van der Waals surface area contributed by atoms with Crippen molar-refractivity contribution in [3.05, 3.63) is 70.9 Å². The molecule has 9 heteroatoms. The van der Waals surface area contributed by atoms with Gasteiger partial charge in [-0.1, -0.05) is 12.1 Å². The van der Waals surface area contributed by atoms with Gasteiger partial charge in [0.1, 0.15) is 17.3 Å².